The van der Waals surface area contributed by atoms with Gasteiger partial charge in [-0.05, 0) is 23.8 Å². The summed E-state index contributed by atoms with van der Waals surface area (Å²) in [5.41, 5.74) is -2.64. The zero-order valence-electron chi connectivity index (χ0n) is 12.9. The Morgan fingerprint density at radius 1 is 0.808 bits per heavy atom. The van der Waals surface area contributed by atoms with E-state index in [0.717, 1.165) is 11.6 Å². The van der Waals surface area contributed by atoms with Crippen molar-refractivity contribution in [2.45, 2.75) is 23.1 Å². The van der Waals surface area contributed by atoms with E-state index in [4.69, 9.17) is 0 Å². The van der Waals surface area contributed by atoms with Crippen molar-refractivity contribution in [2.75, 3.05) is 0 Å². The Bertz CT molecular complexity index is 922. The summed E-state index contributed by atoms with van der Waals surface area (Å²) >= 11 is 1.20. The highest BCUT2D eigenvalue weighted by atomic mass is 32.2. The molecule has 0 radical (unpaired) electrons. The fourth-order valence-corrected chi connectivity index (χ4v) is 3.10. The molecule has 2 aromatic heterocycles. The largest absolute Gasteiger partial charge is 0.433 e. The number of hydrogen-bond donors (Lipinski definition) is 0. The molecule has 0 saturated heterocycles. The van der Waals surface area contributed by atoms with Gasteiger partial charge < -0.3 is 0 Å². The number of thioether (sulfide) groups is 1. The highest BCUT2D eigenvalue weighted by Crippen LogP contribution is 2.38. The molecule has 9 heteroatoms. The number of aromatic nitrogens is 2. The molecule has 0 amide bonds. The van der Waals surface area contributed by atoms with Crippen molar-refractivity contribution in [1.82, 2.24) is 9.97 Å². The molecule has 0 aliphatic carbocycles. The topological polar surface area (TPSA) is 25.8 Å². The van der Waals surface area contributed by atoms with E-state index in [2.05, 4.69) is 9.97 Å². The quantitative estimate of drug-likeness (QED) is 0.409. The van der Waals surface area contributed by atoms with Crippen LogP contribution in [0.2, 0.25) is 0 Å². The lowest BCUT2D eigenvalue weighted by Crippen LogP contribution is -2.14. The minimum absolute atomic E-state index is 0.0147. The lowest BCUT2D eigenvalue weighted by atomic mass is 10.1. The minimum Gasteiger partial charge on any atom is -0.224 e. The van der Waals surface area contributed by atoms with Crippen molar-refractivity contribution in [3.05, 3.63) is 65.4 Å². The van der Waals surface area contributed by atoms with Gasteiger partial charge in [-0.15, -0.1) is 11.8 Å². The first-order valence-corrected chi connectivity index (χ1v) is 8.26. The third-order valence-electron chi connectivity index (χ3n) is 3.47. The maximum Gasteiger partial charge on any atom is 0.433 e. The van der Waals surface area contributed by atoms with Crippen LogP contribution in [0.3, 0.4) is 0 Å². The Balaban J connectivity index is 2.02. The fourth-order valence-electron chi connectivity index (χ4n) is 2.28. The number of benzene rings is 1. The van der Waals surface area contributed by atoms with Crippen molar-refractivity contribution < 1.29 is 26.3 Å². The first-order valence-electron chi connectivity index (χ1n) is 7.27. The number of halogens is 6. The summed E-state index contributed by atoms with van der Waals surface area (Å²) in [5.74, 6) is 0.477. The van der Waals surface area contributed by atoms with Gasteiger partial charge in [0.25, 0.3) is 0 Å². The molecule has 0 aliphatic heterocycles. The smallest absolute Gasteiger partial charge is 0.224 e. The Morgan fingerprint density at radius 3 is 2.12 bits per heavy atom. The summed E-state index contributed by atoms with van der Waals surface area (Å²) in [7, 11) is 0. The molecule has 3 aromatic rings. The summed E-state index contributed by atoms with van der Waals surface area (Å²) in [6.45, 7) is 0. The van der Waals surface area contributed by atoms with E-state index in [-0.39, 0.29) is 6.07 Å². The monoisotopic (exact) mass is 388 g/mol. The van der Waals surface area contributed by atoms with Crippen LogP contribution in [-0.2, 0) is 18.1 Å². The van der Waals surface area contributed by atoms with Crippen molar-refractivity contribution in [2.24, 2.45) is 0 Å². The van der Waals surface area contributed by atoms with Gasteiger partial charge >= 0.3 is 12.4 Å². The molecule has 0 atom stereocenters. The van der Waals surface area contributed by atoms with Gasteiger partial charge in [-0.1, -0.05) is 30.3 Å². The molecule has 26 heavy (non-hydrogen) atoms. The van der Waals surface area contributed by atoms with Gasteiger partial charge in [-0.2, -0.15) is 26.3 Å². The van der Waals surface area contributed by atoms with Crippen molar-refractivity contribution in [3.63, 3.8) is 0 Å². The first kappa shape index (κ1) is 18.5. The molecule has 0 bridgehead atoms. The molecule has 0 N–H and O–H groups in total. The molecule has 0 spiro atoms. The van der Waals surface area contributed by atoms with Crippen LogP contribution in [0.5, 0.6) is 0 Å². The Labute approximate surface area is 148 Å². The van der Waals surface area contributed by atoms with E-state index in [9.17, 15) is 26.3 Å². The summed E-state index contributed by atoms with van der Waals surface area (Å²) in [5, 5.41) is -0.170. The van der Waals surface area contributed by atoms with E-state index in [1.54, 1.807) is 0 Å². The van der Waals surface area contributed by atoms with Crippen molar-refractivity contribution in [3.8, 4) is 0 Å². The Morgan fingerprint density at radius 2 is 1.50 bits per heavy atom. The Kier molecular flexibility index (Phi) is 4.83. The van der Waals surface area contributed by atoms with Crippen LogP contribution in [0.1, 0.15) is 16.8 Å². The second-order valence-corrected chi connectivity index (χ2v) is 6.34. The third-order valence-corrected chi connectivity index (χ3v) is 4.47. The summed E-state index contributed by atoms with van der Waals surface area (Å²) in [6, 6.07) is 11.7. The molecule has 0 fully saturated rings. The van der Waals surface area contributed by atoms with Crippen LogP contribution in [0, 0.1) is 0 Å². The Hall–Kier alpha value is -2.29. The highest BCUT2D eigenvalue weighted by molar-refractivity contribution is 7.98. The molecular formula is C17H10F6N2S. The molecule has 2 heterocycles. The molecular weight excluding hydrogens is 378 g/mol. The molecule has 2 nitrogen and oxygen atoms in total. The second kappa shape index (κ2) is 6.79. The van der Waals surface area contributed by atoms with Gasteiger partial charge in [-0.3, -0.25) is 0 Å². The number of hydrogen-bond acceptors (Lipinski definition) is 3. The van der Waals surface area contributed by atoms with E-state index < -0.39 is 34.6 Å². The highest BCUT2D eigenvalue weighted by Gasteiger charge is 2.39. The summed E-state index contributed by atoms with van der Waals surface area (Å²) in [6.07, 6.45) is -9.94. The van der Waals surface area contributed by atoms with E-state index >= 15 is 0 Å². The zero-order chi connectivity index (χ0) is 18.9. The normalized spacial score (nSPS) is 12.5. The molecule has 0 saturated carbocycles. The molecule has 0 unspecified atom stereocenters. The molecule has 3 rings (SSSR count). The second-order valence-electron chi connectivity index (χ2n) is 5.35. The minimum atomic E-state index is -5.00. The van der Waals surface area contributed by atoms with E-state index in [0.29, 0.717) is 10.8 Å². The maximum absolute atomic E-state index is 13.1. The number of fused-ring (bicyclic) bond motifs is 1. The third kappa shape index (κ3) is 4.09. The fraction of sp³-hybridized carbons (Fsp3) is 0.176. The van der Waals surface area contributed by atoms with Crippen LogP contribution < -0.4 is 0 Å². The number of rotatable bonds is 3. The average molecular weight is 388 g/mol. The lowest BCUT2D eigenvalue weighted by Gasteiger charge is -2.14. The van der Waals surface area contributed by atoms with Gasteiger partial charge in [0.2, 0.25) is 0 Å². The van der Waals surface area contributed by atoms with E-state index in [1.165, 1.54) is 17.8 Å². The van der Waals surface area contributed by atoms with Crippen molar-refractivity contribution in [1.29, 1.82) is 0 Å². The van der Waals surface area contributed by atoms with Gasteiger partial charge in [0.05, 0.1) is 10.6 Å². The van der Waals surface area contributed by atoms with Crippen LogP contribution in [0.15, 0.2) is 53.6 Å². The predicted molar refractivity (Wildman–Crippen MR) is 85.5 cm³/mol. The number of nitrogens with zero attached hydrogens (tertiary/aromatic N) is 2. The van der Waals surface area contributed by atoms with Crippen LogP contribution in [0.25, 0.3) is 11.0 Å². The van der Waals surface area contributed by atoms with Crippen LogP contribution in [0.4, 0.5) is 26.3 Å². The summed E-state index contributed by atoms with van der Waals surface area (Å²) < 4.78 is 78.1. The number of alkyl halides is 6. The molecule has 1 aromatic carbocycles. The van der Waals surface area contributed by atoms with Crippen molar-refractivity contribution >= 4 is 22.8 Å². The standard InChI is InChI=1S/C17H10F6N2S/c18-16(19,20)12-8-13(17(21,22)23)24-15-11(12)6-7-14(25-15)26-9-10-4-2-1-3-5-10/h1-8H,9H2. The van der Waals surface area contributed by atoms with Gasteiger partial charge in [-0.25, -0.2) is 9.97 Å². The average Bonchev–Trinajstić information content (AvgIpc) is 2.58. The lowest BCUT2D eigenvalue weighted by molar-refractivity contribution is -0.144. The maximum atomic E-state index is 13.1. The molecule has 0 aliphatic rings. The van der Waals surface area contributed by atoms with E-state index in [1.807, 2.05) is 30.3 Å². The van der Waals surface area contributed by atoms with Crippen LogP contribution in [-0.4, -0.2) is 9.97 Å². The van der Waals surface area contributed by atoms with Gasteiger partial charge in [0, 0.05) is 11.1 Å². The summed E-state index contributed by atoms with van der Waals surface area (Å²) in [4.78, 5) is 7.18. The molecule has 136 valence electrons. The SMILES string of the molecule is FC(F)(F)c1cc(C(F)(F)F)c2ccc(SCc3ccccc3)nc2n1. The predicted octanol–water partition coefficient (Wildman–Crippen LogP) is 5.96. The van der Waals surface area contributed by atoms with Crippen LogP contribution >= 0.6 is 11.8 Å². The zero-order valence-corrected chi connectivity index (χ0v) is 13.7. The number of pyridine rings is 2. The van der Waals surface area contributed by atoms with Gasteiger partial charge in [0.15, 0.2) is 5.65 Å². The first-order chi connectivity index (χ1) is 12.1. The van der Waals surface area contributed by atoms with Gasteiger partial charge in [0.1, 0.15) is 5.69 Å².